The standard InChI is InChI=1S/C23H24N4O5S/c1-3-11-33-23-25-22-20(26-27-23)15-7-5-6-8-16(15)24-21(32-22)14-9-10-17(31-13-19(28)29)18(12-14)30-4-2/h5-10,12,21,24H,3-4,11,13H2,1-2H3,(H,28,29). The first kappa shape index (κ1) is 22.7. The molecule has 10 heteroatoms. The van der Waals surface area contributed by atoms with Crippen LogP contribution in [0.3, 0.4) is 0 Å². The number of carboxylic acids is 1. The van der Waals surface area contributed by atoms with E-state index < -0.39 is 18.8 Å². The predicted octanol–water partition coefficient (Wildman–Crippen LogP) is 4.41. The summed E-state index contributed by atoms with van der Waals surface area (Å²) in [5.41, 5.74) is 2.99. The first-order valence-electron chi connectivity index (χ1n) is 10.6. The number of carboxylic acid groups (broad SMARTS) is 1. The summed E-state index contributed by atoms with van der Waals surface area (Å²) < 4.78 is 17.3. The molecular weight excluding hydrogens is 444 g/mol. The number of hydrogen-bond acceptors (Lipinski definition) is 9. The number of thioether (sulfide) groups is 1. The number of nitrogens with one attached hydrogen (secondary N) is 1. The number of aromatic nitrogens is 3. The summed E-state index contributed by atoms with van der Waals surface area (Å²) in [7, 11) is 0. The fraction of sp³-hybridized carbons (Fsp3) is 0.304. The molecule has 172 valence electrons. The van der Waals surface area contributed by atoms with Gasteiger partial charge in [-0.3, -0.25) is 0 Å². The molecule has 1 aromatic heterocycles. The van der Waals surface area contributed by atoms with Crippen LogP contribution in [0.15, 0.2) is 47.6 Å². The molecule has 2 heterocycles. The Balaban J connectivity index is 1.71. The van der Waals surface area contributed by atoms with E-state index in [1.165, 1.54) is 11.8 Å². The molecule has 0 saturated heterocycles. The van der Waals surface area contributed by atoms with E-state index in [4.69, 9.17) is 19.3 Å². The molecule has 2 aromatic carbocycles. The van der Waals surface area contributed by atoms with E-state index in [1.807, 2.05) is 31.2 Å². The molecule has 0 spiro atoms. The van der Waals surface area contributed by atoms with Crippen molar-refractivity contribution < 1.29 is 24.1 Å². The van der Waals surface area contributed by atoms with E-state index in [9.17, 15) is 4.79 Å². The molecule has 4 rings (SSSR count). The molecule has 0 saturated carbocycles. The van der Waals surface area contributed by atoms with Gasteiger partial charge in [-0.2, -0.15) is 4.98 Å². The molecule has 33 heavy (non-hydrogen) atoms. The SMILES string of the molecule is CCCSc1nnc2c(n1)OC(c1ccc(OCC(=O)O)c(OCC)c1)Nc1ccccc1-2. The predicted molar refractivity (Wildman–Crippen MR) is 124 cm³/mol. The highest BCUT2D eigenvalue weighted by atomic mass is 32.2. The monoisotopic (exact) mass is 468 g/mol. The Morgan fingerprint density at radius 2 is 2.00 bits per heavy atom. The molecule has 1 atom stereocenters. The quantitative estimate of drug-likeness (QED) is 0.438. The highest BCUT2D eigenvalue weighted by Crippen LogP contribution is 2.40. The third-order valence-electron chi connectivity index (χ3n) is 4.69. The van der Waals surface area contributed by atoms with Crippen LogP contribution in [0, 0.1) is 0 Å². The lowest BCUT2D eigenvalue weighted by Crippen LogP contribution is -2.17. The van der Waals surface area contributed by atoms with Gasteiger partial charge in [0.25, 0.3) is 0 Å². The van der Waals surface area contributed by atoms with E-state index in [1.54, 1.807) is 18.2 Å². The molecule has 1 unspecified atom stereocenters. The van der Waals surface area contributed by atoms with Gasteiger partial charge in [0.05, 0.1) is 6.61 Å². The van der Waals surface area contributed by atoms with Crippen molar-refractivity contribution in [3.05, 3.63) is 48.0 Å². The van der Waals surface area contributed by atoms with E-state index in [0.29, 0.717) is 34.8 Å². The molecule has 0 fully saturated rings. The zero-order chi connectivity index (χ0) is 23.2. The summed E-state index contributed by atoms with van der Waals surface area (Å²) in [6.45, 7) is 3.88. The lowest BCUT2D eigenvalue weighted by molar-refractivity contribution is -0.139. The van der Waals surface area contributed by atoms with Crippen molar-refractivity contribution in [3.8, 4) is 28.6 Å². The van der Waals surface area contributed by atoms with Gasteiger partial charge in [0.2, 0.25) is 11.0 Å². The Kier molecular flexibility index (Phi) is 7.13. The molecule has 9 nitrogen and oxygen atoms in total. The zero-order valence-corrected chi connectivity index (χ0v) is 19.1. The Hall–Kier alpha value is -3.53. The Morgan fingerprint density at radius 3 is 2.79 bits per heavy atom. The number of anilines is 1. The van der Waals surface area contributed by atoms with Crippen LogP contribution < -0.4 is 19.5 Å². The van der Waals surface area contributed by atoms with Crippen molar-refractivity contribution in [2.75, 3.05) is 24.3 Å². The number of carbonyl (C=O) groups is 1. The van der Waals surface area contributed by atoms with E-state index in [-0.39, 0.29) is 0 Å². The minimum absolute atomic E-state index is 0.347. The first-order chi connectivity index (χ1) is 16.1. The summed E-state index contributed by atoms with van der Waals surface area (Å²) in [6, 6.07) is 13.0. The number of aliphatic carboxylic acids is 1. The first-order valence-corrected chi connectivity index (χ1v) is 11.6. The minimum Gasteiger partial charge on any atom is -0.490 e. The highest BCUT2D eigenvalue weighted by molar-refractivity contribution is 7.99. The summed E-state index contributed by atoms with van der Waals surface area (Å²) in [4.78, 5) is 15.5. The van der Waals surface area contributed by atoms with Crippen molar-refractivity contribution in [3.63, 3.8) is 0 Å². The van der Waals surface area contributed by atoms with Crippen molar-refractivity contribution in [1.29, 1.82) is 0 Å². The number of benzene rings is 2. The maximum absolute atomic E-state index is 10.9. The number of ether oxygens (including phenoxy) is 3. The second-order valence-corrected chi connectivity index (χ2v) is 8.17. The molecule has 0 bridgehead atoms. The molecule has 3 aromatic rings. The van der Waals surface area contributed by atoms with Crippen LogP contribution in [0.1, 0.15) is 32.1 Å². The third-order valence-corrected chi connectivity index (χ3v) is 5.73. The third kappa shape index (κ3) is 5.28. The molecule has 0 aliphatic carbocycles. The Bertz CT molecular complexity index is 1140. The molecule has 1 aliphatic rings. The molecular formula is C23H24N4O5S. The number of nitrogens with zero attached hydrogens (tertiary/aromatic N) is 3. The molecule has 1 aliphatic heterocycles. The van der Waals surface area contributed by atoms with E-state index in [2.05, 4.69) is 27.4 Å². The smallest absolute Gasteiger partial charge is 0.341 e. The van der Waals surface area contributed by atoms with E-state index in [0.717, 1.165) is 29.0 Å². The van der Waals surface area contributed by atoms with Crippen LogP contribution in [-0.2, 0) is 4.79 Å². The van der Waals surface area contributed by atoms with Gasteiger partial charge in [0.15, 0.2) is 30.0 Å². The van der Waals surface area contributed by atoms with Crippen LogP contribution >= 0.6 is 11.8 Å². The van der Waals surface area contributed by atoms with Crippen molar-refractivity contribution >= 4 is 23.4 Å². The normalized spacial score (nSPS) is 14.2. The topological polar surface area (TPSA) is 116 Å². The Morgan fingerprint density at radius 1 is 1.15 bits per heavy atom. The lowest BCUT2D eigenvalue weighted by Gasteiger charge is -2.21. The van der Waals surface area contributed by atoms with Gasteiger partial charge in [-0.25, -0.2) is 4.79 Å². The number of rotatable bonds is 9. The average molecular weight is 469 g/mol. The Labute approximate surface area is 195 Å². The van der Waals surface area contributed by atoms with Gasteiger partial charge in [-0.1, -0.05) is 36.9 Å². The highest BCUT2D eigenvalue weighted by Gasteiger charge is 2.27. The lowest BCUT2D eigenvalue weighted by atomic mass is 10.1. The zero-order valence-electron chi connectivity index (χ0n) is 18.3. The average Bonchev–Trinajstić information content (AvgIpc) is 2.98. The number of hydrogen-bond donors (Lipinski definition) is 2. The second-order valence-electron chi connectivity index (χ2n) is 7.11. The maximum Gasteiger partial charge on any atom is 0.341 e. The van der Waals surface area contributed by atoms with Crippen LogP contribution in [0.25, 0.3) is 11.3 Å². The van der Waals surface area contributed by atoms with Crippen LogP contribution in [-0.4, -0.2) is 45.2 Å². The fourth-order valence-corrected chi connectivity index (χ4v) is 3.90. The van der Waals surface area contributed by atoms with Crippen molar-refractivity contribution in [2.24, 2.45) is 0 Å². The fourth-order valence-electron chi connectivity index (χ4n) is 3.27. The summed E-state index contributed by atoms with van der Waals surface area (Å²) in [5.74, 6) is 0.982. The van der Waals surface area contributed by atoms with Crippen molar-refractivity contribution in [1.82, 2.24) is 15.2 Å². The van der Waals surface area contributed by atoms with E-state index >= 15 is 0 Å². The van der Waals surface area contributed by atoms with Gasteiger partial charge in [-0.15, -0.1) is 10.2 Å². The van der Waals surface area contributed by atoms with Crippen LogP contribution in [0.4, 0.5) is 5.69 Å². The molecule has 0 radical (unpaired) electrons. The summed E-state index contributed by atoms with van der Waals surface area (Å²) >= 11 is 1.53. The minimum atomic E-state index is -1.06. The van der Waals surface area contributed by atoms with Crippen LogP contribution in [0.2, 0.25) is 0 Å². The summed E-state index contributed by atoms with van der Waals surface area (Å²) in [6.07, 6.45) is 0.399. The van der Waals surface area contributed by atoms with Gasteiger partial charge in [0, 0.05) is 22.6 Å². The number of fused-ring (bicyclic) bond motifs is 3. The van der Waals surface area contributed by atoms with Crippen LogP contribution in [0.5, 0.6) is 17.4 Å². The van der Waals surface area contributed by atoms with Gasteiger partial charge >= 0.3 is 5.97 Å². The van der Waals surface area contributed by atoms with Gasteiger partial charge in [-0.05, 0) is 37.6 Å². The maximum atomic E-state index is 10.9. The van der Waals surface area contributed by atoms with Gasteiger partial charge in [0.1, 0.15) is 0 Å². The molecule has 0 amide bonds. The molecule has 2 N–H and O–H groups in total. The largest absolute Gasteiger partial charge is 0.490 e. The second kappa shape index (κ2) is 10.4. The summed E-state index contributed by atoms with van der Waals surface area (Å²) in [5, 5.41) is 21.6. The van der Waals surface area contributed by atoms with Gasteiger partial charge < -0.3 is 24.6 Å². The van der Waals surface area contributed by atoms with Crippen molar-refractivity contribution in [2.45, 2.75) is 31.7 Å². The number of para-hydroxylation sites is 1.